The van der Waals surface area contributed by atoms with Crippen molar-refractivity contribution in [1.29, 1.82) is 0 Å². The van der Waals surface area contributed by atoms with E-state index in [1.54, 1.807) is 6.07 Å². The van der Waals surface area contributed by atoms with Crippen molar-refractivity contribution < 1.29 is 19.2 Å². The fourth-order valence-corrected chi connectivity index (χ4v) is 2.73. The number of carbonyl (C=O) groups excluding carboxylic acids is 1. The predicted octanol–water partition coefficient (Wildman–Crippen LogP) is 4.02. The van der Waals surface area contributed by atoms with E-state index in [1.165, 1.54) is 19.8 Å². The van der Waals surface area contributed by atoms with Crippen molar-refractivity contribution in [3.63, 3.8) is 0 Å². The lowest BCUT2D eigenvalue weighted by molar-refractivity contribution is -0.132. The number of aryl methyl sites for hydroxylation is 2. The van der Waals surface area contributed by atoms with Gasteiger partial charge < -0.3 is 14.4 Å². The summed E-state index contributed by atoms with van der Waals surface area (Å²) in [5.74, 6) is -0.579. The quantitative estimate of drug-likeness (QED) is 0.393. The van der Waals surface area contributed by atoms with Crippen LogP contribution in [-0.2, 0) is 32.2 Å². The summed E-state index contributed by atoms with van der Waals surface area (Å²) in [7, 11) is 2.68. The Morgan fingerprint density at radius 3 is 2.36 bits per heavy atom. The van der Waals surface area contributed by atoms with Gasteiger partial charge in [-0.3, -0.25) is 0 Å². The number of rotatable bonds is 8. The zero-order valence-electron chi connectivity index (χ0n) is 17.0. The van der Waals surface area contributed by atoms with Gasteiger partial charge in [-0.1, -0.05) is 59.7 Å². The zero-order chi connectivity index (χ0) is 20.5. The number of hydrogen-bond donors (Lipinski definition) is 0. The van der Waals surface area contributed by atoms with Gasteiger partial charge in [0.1, 0.15) is 13.7 Å². The van der Waals surface area contributed by atoms with Gasteiger partial charge in [-0.25, -0.2) is 4.79 Å². The molecule has 2 rings (SSSR count). The number of methoxy groups -OCH3 is 1. The fraction of sp³-hybridized carbons (Fsp3) is 0.318. The second kappa shape index (κ2) is 10.3. The number of benzene rings is 2. The van der Waals surface area contributed by atoms with Crippen LogP contribution in [0.2, 0.25) is 0 Å². The molecule has 0 heterocycles. The van der Waals surface area contributed by atoms with E-state index in [1.807, 2.05) is 38.1 Å². The predicted molar refractivity (Wildman–Crippen MR) is 110 cm³/mol. The average Bonchev–Trinajstić information content (AvgIpc) is 2.72. The van der Waals surface area contributed by atoms with Crippen LogP contribution in [0.3, 0.4) is 0 Å². The Hall–Kier alpha value is -3.15. The van der Waals surface area contributed by atoms with E-state index in [0.717, 1.165) is 28.8 Å². The molecule has 0 radical (unpaired) electrons. The third-order valence-corrected chi connectivity index (χ3v) is 4.42. The monoisotopic (exact) mass is 382 g/mol. The SMILES string of the molecule is CCc1ccc(/C(C)=N/OCc2c(C)cccc2/C(=N\OC)C(=O)OC)cc1. The minimum Gasteiger partial charge on any atom is -0.464 e. The Balaban J connectivity index is 2.24. The number of hydrogen-bond acceptors (Lipinski definition) is 6. The van der Waals surface area contributed by atoms with Crippen LogP contribution in [0.25, 0.3) is 0 Å². The molecule has 0 aliphatic carbocycles. The lowest BCUT2D eigenvalue weighted by atomic mass is 9.99. The first-order valence-corrected chi connectivity index (χ1v) is 9.06. The molecule has 28 heavy (non-hydrogen) atoms. The first-order valence-electron chi connectivity index (χ1n) is 9.06. The van der Waals surface area contributed by atoms with E-state index in [4.69, 9.17) is 14.4 Å². The maximum Gasteiger partial charge on any atom is 0.360 e. The summed E-state index contributed by atoms with van der Waals surface area (Å²) in [4.78, 5) is 22.5. The van der Waals surface area contributed by atoms with Gasteiger partial charge in [-0.2, -0.15) is 0 Å². The smallest absolute Gasteiger partial charge is 0.360 e. The molecule has 0 bridgehead atoms. The first kappa shape index (κ1) is 21.2. The summed E-state index contributed by atoms with van der Waals surface area (Å²) in [6.45, 7) is 6.14. The van der Waals surface area contributed by atoms with Crippen molar-refractivity contribution in [1.82, 2.24) is 0 Å². The lowest BCUT2D eigenvalue weighted by Gasteiger charge is -2.12. The van der Waals surface area contributed by atoms with Gasteiger partial charge in [0, 0.05) is 11.1 Å². The number of oxime groups is 2. The number of carbonyl (C=O) groups is 1. The second-order valence-corrected chi connectivity index (χ2v) is 6.22. The molecule has 0 fully saturated rings. The van der Waals surface area contributed by atoms with Crippen molar-refractivity contribution >= 4 is 17.4 Å². The number of esters is 1. The van der Waals surface area contributed by atoms with Crippen LogP contribution in [0.15, 0.2) is 52.8 Å². The molecule has 2 aromatic rings. The molecular formula is C22H26N2O4. The van der Waals surface area contributed by atoms with Crippen molar-refractivity contribution in [2.24, 2.45) is 10.3 Å². The topological polar surface area (TPSA) is 69.5 Å². The molecule has 0 aliphatic heterocycles. The minimum atomic E-state index is -0.579. The van der Waals surface area contributed by atoms with Crippen LogP contribution in [0.1, 0.15) is 41.7 Å². The molecule has 0 aliphatic rings. The summed E-state index contributed by atoms with van der Waals surface area (Å²) in [6, 6.07) is 13.8. The Kier molecular flexibility index (Phi) is 7.75. The molecule has 0 saturated heterocycles. The summed E-state index contributed by atoms with van der Waals surface area (Å²) >= 11 is 0. The lowest BCUT2D eigenvalue weighted by Crippen LogP contribution is -2.20. The van der Waals surface area contributed by atoms with Gasteiger partial charge in [-0.05, 0) is 37.0 Å². The standard InChI is InChI=1S/C22H26N2O4/c1-6-17-10-12-18(13-11-17)16(3)23-28-14-20-15(2)8-7-9-19(20)21(24-27-5)22(25)26-4/h7-13H,6,14H2,1-5H3/b23-16+,24-21+. The molecule has 0 saturated carbocycles. The molecular weight excluding hydrogens is 356 g/mol. The van der Waals surface area contributed by atoms with E-state index in [2.05, 4.69) is 29.4 Å². The maximum absolute atomic E-state index is 12.1. The minimum absolute atomic E-state index is 0.0863. The van der Waals surface area contributed by atoms with Crippen LogP contribution in [0.5, 0.6) is 0 Å². The Morgan fingerprint density at radius 2 is 1.75 bits per heavy atom. The zero-order valence-corrected chi connectivity index (χ0v) is 17.0. The first-order chi connectivity index (χ1) is 13.5. The van der Waals surface area contributed by atoms with Gasteiger partial charge in [0.05, 0.1) is 12.8 Å². The van der Waals surface area contributed by atoms with Gasteiger partial charge >= 0.3 is 5.97 Å². The molecule has 6 nitrogen and oxygen atoms in total. The van der Waals surface area contributed by atoms with Crippen molar-refractivity contribution in [2.75, 3.05) is 14.2 Å². The van der Waals surface area contributed by atoms with Crippen LogP contribution in [0, 0.1) is 6.92 Å². The fourth-order valence-electron chi connectivity index (χ4n) is 2.73. The Morgan fingerprint density at radius 1 is 1.04 bits per heavy atom. The van der Waals surface area contributed by atoms with Gasteiger partial charge in [0.15, 0.2) is 5.71 Å². The maximum atomic E-state index is 12.1. The van der Waals surface area contributed by atoms with Gasteiger partial charge in [0.25, 0.3) is 0 Å². The highest BCUT2D eigenvalue weighted by Crippen LogP contribution is 2.18. The highest BCUT2D eigenvalue weighted by Gasteiger charge is 2.20. The van der Waals surface area contributed by atoms with Crippen molar-refractivity contribution in [2.45, 2.75) is 33.8 Å². The van der Waals surface area contributed by atoms with Crippen LogP contribution >= 0.6 is 0 Å². The van der Waals surface area contributed by atoms with Crippen LogP contribution < -0.4 is 0 Å². The van der Waals surface area contributed by atoms with Crippen molar-refractivity contribution in [3.8, 4) is 0 Å². The van der Waals surface area contributed by atoms with Crippen LogP contribution in [-0.4, -0.2) is 31.6 Å². The number of ether oxygens (including phenoxy) is 1. The van der Waals surface area contributed by atoms with Gasteiger partial charge in [0.2, 0.25) is 0 Å². The Bertz CT molecular complexity index is 871. The molecule has 2 aromatic carbocycles. The average molecular weight is 382 g/mol. The molecule has 0 spiro atoms. The molecule has 0 amide bonds. The molecule has 0 N–H and O–H groups in total. The Labute approximate surface area is 165 Å². The summed E-state index contributed by atoms with van der Waals surface area (Å²) in [6.07, 6.45) is 0.995. The van der Waals surface area contributed by atoms with E-state index in [0.29, 0.717) is 5.56 Å². The second-order valence-electron chi connectivity index (χ2n) is 6.22. The van der Waals surface area contributed by atoms with E-state index < -0.39 is 5.97 Å². The third kappa shape index (κ3) is 5.19. The summed E-state index contributed by atoms with van der Waals surface area (Å²) in [5, 5.41) is 8.05. The van der Waals surface area contributed by atoms with E-state index in [9.17, 15) is 4.79 Å². The third-order valence-electron chi connectivity index (χ3n) is 4.42. The highest BCUT2D eigenvalue weighted by atomic mass is 16.6. The normalized spacial score (nSPS) is 11.9. The molecule has 0 aromatic heterocycles. The molecule has 148 valence electrons. The molecule has 0 atom stereocenters. The van der Waals surface area contributed by atoms with Gasteiger partial charge in [-0.15, -0.1) is 0 Å². The van der Waals surface area contributed by atoms with Crippen LogP contribution in [0.4, 0.5) is 0 Å². The highest BCUT2D eigenvalue weighted by molar-refractivity contribution is 6.43. The molecule has 0 unspecified atom stereocenters. The molecule has 6 heteroatoms. The van der Waals surface area contributed by atoms with E-state index in [-0.39, 0.29) is 12.3 Å². The van der Waals surface area contributed by atoms with E-state index >= 15 is 0 Å². The summed E-state index contributed by atoms with van der Waals surface area (Å²) in [5.41, 5.74) is 5.47. The largest absolute Gasteiger partial charge is 0.464 e. The summed E-state index contributed by atoms with van der Waals surface area (Å²) < 4.78 is 4.82. The number of nitrogens with zero attached hydrogens (tertiary/aromatic N) is 2. The van der Waals surface area contributed by atoms with Crippen molar-refractivity contribution in [3.05, 3.63) is 70.3 Å².